The van der Waals surface area contributed by atoms with E-state index in [9.17, 15) is 0 Å². The molecule has 2 aromatic rings. The van der Waals surface area contributed by atoms with Crippen LogP contribution >= 0.6 is 0 Å². The summed E-state index contributed by atoms with van der Waals surface area (Å²) in [5.74, 6) is 3.41. The van der Waals surface area contributed by atoms with Crippen LogP contribution in [-0.4, -0.2) is 141 Å². The summed E-state index contributed by atoms with van der Waals surface area (Å²) in [6.07, 6.45) is 16.7. The molecule has 0 aromatic heterocycles. The van der Waals surface area contributed by atoms with Crippen LogP contribution in [0.3, 0.4) is 0 Å². The molecule has 82 heavy (non-hydrogen) atoms. The minimum Gasteiger partial charge on any atom is -0.491 e. The zero-order chi connectivity index (χ0) is 64.0. The zero-order valence-corrected chi connectivity index (χ0v) is 58.7. The fraction of sp³-hybridized carbons (Fsp3) is 0.829. The molecule has 0 saturated heterocycles. The number of aliphatic hydroxyl groups excluding tert-OH is 1. The number of hydrogen-bond donors (Lipinski definition) is 1. The summed E-state index contributed by atoms with van der Waals surface area (Å²) in [6.45, 7) is 56.0. The summed E-state index contributed by atoms with van der Waals surface area (Å²) in [4.78, 5) is 0. The van der Waals surface area contributed by atoms with Crippen molar-refractivity contribution in [3.63, 3.8) is 0 Å². The van der Waals surface area contributed by atoms with Crippen molar-refractivity contribution in [3.05, 3.63) is 60.7 Å². The topological polar surface area (TPSA) is 122 Å². The molecule has 0 aliphatic heterocycles. The van der Waals surface area contributed by atoms with Gasteiger partial charge < -0.3 is 57.2 Å². The quantitative estimate of drug-likeness (QED) is 0.0648. The van der Waals surface area contributed by atoms with Crippen molar-refractivity contribution in [1.82, 2.24) is 0 Å². The van der Waals surface area contributed by atoms with E-state index < -0.39 is 0 Å². The first-order valence-electron chi connectivity index (χ1n) is 32.4. The predicted octanol–water partition coefficient (Wildman–Crippen LogP) is 18.8. The van der Waals surface area contributed by atoms with Gasteiger partial charge in [-0.3, -0.25) is 0 Å². The Kier molecular flexibility index (Phi) is 89.5. The lowest BCUT2D eigenvalue weighted by molar-refractivity contribution is 0.0142. The molecule has 494 valence electrons. The summed E-state index contributed by atoms with van der Waals surface area (Å²) in [5.41, 5.74) is 0. The Morgan fingerprint density at radius 1 is 0.354 bits per heavy atom. The maximum atomic E-state index is 8.29. The SMILES string of the molecule is CCC(C)C.CCC(C)OC.CCC(C)OCC(C)C.CCC(C)OCCO.CCC(C)OCCOC.CCC(C)OCCOc1ccccc1.CCC(C)Oc1ccccc1.CCCCCOC(C)CC.CCOCCOC(C)CC. The first kappa shape index (κ1) is 93.3. The molecule has 12 heteroatoms. The maximum Gasteiger partial charge on any atom is 0.119 e. The number of aliphatic hydroxyl groups is 1. The second kappa shape index (κ2) is 78.6. The highest BCUT2D eigenvalue weighted by Crippen LogP contribution is 2.12. The second-order valence-corrected chi connectivity index (χ2v) is 21.1. The molecule has 8 unspecified atom stereocenters. The normalized spacial score (nSPS) is 13.2. The second-order valence-electron chi connectivity index (χ2n) is 21.1. The molecule has 0 radical (unpaired) electrons. The minimum atomic E-state index is 0.129. The number of methoxy groups -OCH3 is 2. The van der Waals surface area contributed by atoms with Crippen molar-refractivity contribution in [2.75, 3.05) is 86.9 Å². The van der Waals surface area contributed by atoms with Crippen molar-refractivity contribution >= 4 is 0 Å². The fourth-order valence-electron chi connectivity index (χ4n) is 4.65. The van der Waals surface area contributed by atoms with Gasteiger partial charge in [0.1, 0.15) is 18.1 Å². The van der Waals surface area contributed by atoms with Crippen molar-refractivity contribution in [1.29, 1.82) is 0 Å². The van der Waals surface area contributed by atoms with Crippen LogP contribution in [0.15, 0.2) is 60.7 Å². The molecular formula is C70H142O12. The molecule has 0 saturated carbocycles. The standard InChI is InChI=1S/C12H18O2.C10H14O.C9H20O.C8H18O2.C8H18O.C7H16O2.C6H14O2.C5H12O.C5H12/c1-3-11(2)13-9-10-14-12-7-5-4-6-8-12;1-3-9(2)11-10-7-5-4-6-8-10;1-4-6-7-8-10-9(3)5-2;1-4-8(3)10-7-6-9-5-2;1-5-8(4)9-6-7(2)3;1-4-7(2)9-6-5-8-3;1-3-6(2)8-5-4-7;1-4-5(2)6-3;1-4-5(2)3/h4-8,11H,3,9-10H2,1-2H3;4-9H,3H2,1-2H3;9H,4-8H2,1-3H3;8H,4-7H2,1-3H3;7-8H,5-6H2,1-4H3;7H,4-6H2,1-3H3;6-7H,3-5H2,1-2H3;5H,4H2,1-3H3;5H,4H2,1-3H3. The van der Waals surface area contributed by atoms with Gasteiger partial charge in [0.15, 0.2) is 0 Å². The van der Waals surface area contributed by atoms with Crippen LogP contribution in [0.2, 0.25) is 0 Å². The molecule has 0 heterocycles. The van der Waals surface area contributed by atoms with E-state index in [1.165, 1.54) is 25.7 Å². The summed E-state index contributed by atoms with van der Waals surface area (Å²) >= 11 is 0. The van der Waals surface area contributed by atoms with Gasteiger partial charge in [0.2, 0.25) is 0 Å². The average molecular weight is 1180 g/mol. The fourth-order valence-corrected chi connectivity index (χ4v) is 4.65. The first-order chi connectivity index (χ1) is 39.1. The van der Waals surface area contributed by atoms with E-state index in [4.69, 9.17) is 57.2 Å². The van der Waals surface area contributed by atoms with Crippen molar-refractivity contribution in [2.24, 2.45) is 11.8 Å². The minimum absolute atomic E-state index is 0.129. The van der Waals surface area contributed by atoms with E-state index in [1.54, 1.807) is 14.2 Å². The summed E-state index contributed by atoms with van der Waals surface area (Å²) in [7, 11) is 3.41. The van der Waals surface area contributed by atoms with E-state index in [2.05, 4.69) is 145 Å². The molecule has 0 aliphatic carbocycles. The Morgan fingerprint density at radius 3 is 1.05 bits per heavy atom. The lowest BCUT2D eigenvalue weighted by Gasteiger charge is -2.11. The van der Waals surface area contributed by atoms with Gasteiger partial charge in [0.25, 0.3) is 0 Å². The highest BCUT2D eigenvalue weighted by Gasteiger charge is 2.02. The third kappa shape index (κ3) is 91.4. The summed E-state index contributed by atoms with van der Waals surface area (Å²) in [6, 6.07) is 19.7. The third-order valence-corrected chi connectivity index (χ3v) is 12.3. The average Bonchev–Trinajstić information content (AvgIpc) is 3.50. The molecule has 2 rings (SSSR count). The van der Waals surface area contributed by atoms with Crippen LogP contribution < -0.4 is 9.47 Å². The van der Waals surface area contributed by atoms with Gasteiger partial charge in [-0.05, 0) is 156 Å². The van der Waals surface area contributed by atoms with E-state index in [1.807, 2.05) is 74.5 Å². The molecule has 12 nitrogen and oxygen atoms in total. The zero-order valence-electron chi connectivity index (χ0n) is 58.7. The Bertz CT molecular complexity index is 1320. The van der Waals surface area contributed by atoms with E-state index >= 15 is 0 Å². The molecule has 0 aliphatic rings. The van der Waals surface area contributed by atoms with Gasteiger partial charge in [-0.2, -0.15) is 0 Å². The molecule has 0 bridgehead atoms. The number of benzene rings is 2. The number of hydrogen-bond acceptors (Lipinski definition) is 12. The third-order valence-electron chi connectivity index (χ3n) is 12.3. The largest absolute Gasteiger partial charge is 0.491 e. The number of unbranched alkanes of at least 4 members (excludes halogenated alkanes) is 2. The summed E-state index contributed by atoms with van der Waals surface area (Å²) < 4.78 is 58.1. The summed E-state index contributed by atoms with van der Waals surface area (Å²) in [5, 5.41) is 8.29. The van der Waals surface area contributed by atoms with E-state index in [0.29, 0.717) is 87.8 Å². The van der Waals surface area contributed by atoms with E-state index in [-0.39, 0.29) is 6.61 Å². The molecular weight excluding hydrogens is 1030 g/mol. The van der Waals surface area contributed by atoms with Crippen LogP contribution in [0.5, 0.6) is 11.5 Å². The lowest BCUT2D eigenvalue weighted by Crippen LogP contribution is -2.13. The Morgan fingerprint density at radius 2 is 0.720 bits per heavy atom. The van der Waals surface area contributed by atoms with Crippen molar-refractivity contribution in [3.8, 4) is 11.5 Å². The van der Waals surface area contributed by atoms with Crippen molar-refractivity contribution in [2.45, 2.75) is 285 Å². The molecule has 2 aromatic carbocycles. The Labute approximate surface area is 511 Å². The number of ether oxygens (including phenoxy) is 11. The van der Waals surface area contributed by atoms with Gasteiger partial charge in [-0.25, -0.2) is 0 Å². The van der Waals surface area contributed by atoms with Gasteiger partial charge in [-0.1, -0.05) is 153 Å². The number of para-hydroxylation sites is 2. The predicted molar refractivity (Wildman–Crippen MR) is 355 cm³/mol. The van der Waals surface area contributed by atoms with Gasteiger partial charge in [0.05, 0.1) is 95.1 Å². The highest BCUT2D eigenvalue weighted by atomic mass is 16.5. The Balaban J connectivity index is -0.000000156. The van der Waals surface area contributed by atoms with Crippen LogP contribution in [-0.2, 0) is 42.6 Å². The molecule has 0 amide bonds. The van der Waals surface area contributed by atoms with Crippen LogP contribution in [0.25, 0.3) is 0 Å². The number of rotatable bonds is 37. The van der Waals surface area contributed by atoms with Crippen LogP contribution in [0.4, 0.5) is 0 Å². The van der Waals surface area contributed by atoms with E-state index in [0.717, 1.165) is 102 Å². The molecule has 8 atom stereocenters. The van der Waals surface area contributed by atoms with Gasteiger partial charge in [-0.15, -0.1) is 0 Å². The lowest BCUT2D eigenvalue weighted by atomic mass is 10.2. The first-order valence-corrected chi connectivity index (χ1v) is 32.4. The highest BCUT2D eigenvalue weighted by molar-refractivity contribution is 5.21. The van der Waals surface area contributed by atoms with Crippen molar-refractivity contribution < 1.29 is 57.2 Å². The van der Waals surface area contributed by atoms with Crippen LogP contribution in [0, 0.1) is 11.8 Å². The van der Waals surface area contributed by atoms with Crippen LogP contribution in [0.1, 0.15) is 236 Å². The smallest absolute Gasteiger partial charge is 0.119 e. The molecule has 0 spiro atoms. The van der Waals surface area contributed by atoms with Gasteiger partial charge >= 0.3 is 0 Å². The molecule has 0 fully saturated rings. The monoisotopic (exact) mass is 1180 g/mol. The van der Waals surface area contributed by atoms with Gasteiger partial charge in [0, 0.05) is 34.0 Å². The maximum absolute atomic E-state index is 8.29. The Hall–Kier alpha value is -2.36. The molecule has 1 N–H and O–H groups in total.